The van der Waals surface area contributed by atoms with Crippen LogP contribution in [0.15, 0.2) is 54.6 Å². The molecule has 0 saturated heterocycles. The van der Waals surface area contributed by atoms with Gasteiger partial charge in [0.25, 0.3) is 5.91 Å². The van der Waals surface area contributed by atoms with Crippen molar-refractivity contribution in [2.45, 2.75) is 13.8 Å². The minimum absolute atomic E-state index is 0.110. The predicted octanol–water partition coefficient (Wildman–Crippen LogP) is 5.46. The number of carbonyl (C=O) groups is 1. The number of rotatable bonds is 9. The van der Waals surface area contributed by atoms with Crippen LogP contribution in [0.5, 0.6) is 11.5 Å². The molecule has 0 bridgehead atoms. The molecule has 4 aromatic rings. The molecule has 1 heterocycles. The molecule has 3 aromatic carbocycles. The third kappa shape index (κ3) is 4.94. The van der Waals surface area contributed by atoms with Gasteiger partial charge in [-0.1, -0.05) is 41.7 Å². The zero-order chi connectivity index (χ0) is 23.4. The van der Waals surface area contributed by atoms with Crippen molar-refractivity contribution in [2.24, 2.45) is 0 Å². The van der Waals surface area contributed by atoms with E-state index in [-0.39, 0.29) is 5.91 Å². The number of aromatic nitrogens is 1. The molecule has 0 aliphatic rings. The first-order valence-electron chi connectivity index (χ1n) is 11.2. The second-order valence-corrected chi connectivity index (χ2v) is 8.92. The van der Waals surface area contributed by atoms with Crippen molar-refractivity contribution in [1.29, 1.82) is 0 Å². The summed E-state index contributed by atoms with van der Waals surface area (Å²) in [5, 5.41) is 2.55. The van der Waals surface area contributed by atoms with Crippen LogP contribution in [-0.2, 0) is 0 Å². The summed E-state index contributed by atoms with van der Waals surface area (Å²) < 4.78 is 12.5. The van der Waals surface area contributed by atoms with E-state index in [2.05, 4.69) is 4.90 Å². The molecule has 0 saturated carbocycles. The molecule has 33 heavy (non-hydrogen) atoms. The average molecular weight is 464 g/mol. The number of hydrogen-bond donors (Lipinski definition) is 0. The molecule has 1 aromatic heterocycles. The van der Waals surface area contributed by atoms with Crippen LogP contribution in [0.2, 0.25) is 0 Å². The second kappa shape index (κ2) is 10.2. The van der Waals surface area contributed by atoms with E-state index < -0.39 is 0 Å². The fourth-order valence-corrected chi connectivity index (χ4v) is 4.75. The number of ether oxygens (including phenoxy) is 2. The molecule has 0 radical (unpaired) electrons. The fraction of sp³-hybridized carbons (Fsp3) is 0.308. The van der Waals surface area contributed by atoms with Crippen LogP contribution in [0, 0.1) is 0 Å². The highest BCUT2D eigenvalue weighted by molar-refractivity contribution is 7.22. The van der Waals surface area contributed by atoms with Crippen molar-refractivity contribution in [3.8, 4) is 11.5 Å². The summed E-state index contributed by atoms with van der Waals surface area (Å²) in [5.41, 5.74) is 1.42. The van der Waals surface area contributed by atoms with Gasteiger partial charge in [0.1, 0.15) is 11.5 Å². The van der Waals surface area contributed by atoms with Gasteiger partial charge in [0.05, 0.1) is 29.0 Å². The normalized spacial score (nSPS) is 11.3. The first kappa shape index (κ1) is 23.0. The number of anilines is 1. The minimum atomic E-state index is -0.110. The molecule has 6 nitrogen and oxygen atoms in total. The lowest BCUT2D eigenvalue weighted by atomic mass is 10.0. The lowest BCUT2D eigenvalue weighted by Crippen LogP contribution is -2.37. The number of benzene rings is 3. The summed E-state index contributed by atoms with van der Waals surface area (Å²) in [5.74, 6) is 1.29. The summed E-state index contributed by atoms with van der Waals surface area (Å²) >= 11 is 1.50. The molecule has 0 spiro atoms. The molecule has 0 N–H and O–H groups in total. The third-order valence-corrected chi connectivity index (χ3v) is 6.35. The molecule has 172 valence electrons. The average Bonchev–Trinajstić information content (AvgIpc) is 3.22. The zero-order valence-corrected chi connectivity index (χ0v) is 20.3. The maximum Gasteiger partial charge on any atom is 0.264 e. The third-order valence-electron chi connectivity index (χ3n) is 5.31. The Morgan fingerprint density at radius 1 is 0.970 bits per heavy atom. The molecule has 7 heteroatoms. The van der Waals surface area contributed by atoms with Gasteiger partial charge in [0.2, 0.25) is 0 Å². The van der Waals surface area contributed by atoms with Gasteiger partial charge >= 0.3 is 0 Å². The first-order chi connectivity index (χ1) is 16.0. The number of amides is 1. The van der Waals surface area contributed by atoms with Crippen LogP contribution in [0.25, 0.3) is 21.0 Å². The van der Waals surface area contributed by atoms with E-state index in [1.807, 2.05) is 82.5 Å². The van der Waals surface area contributed by atoms with Crippen LogP contribution in [0.3, 0.4) is 0 Å². The maximum absolute atomic E-state index is 14.1. The van der Waals surface area contributed by atoms with E-state index in [1.165, 1.54) is 11.3 Å². The smallest absolute Gasteiger partial charge is 0.264 e. The van der Waals surface area contributed by atoms with Crippen molar-refractivity contribution in [3.63, 3.8) is 0 Å². The Morgan fingerprint density at radius 3 is 2.52 bits per heavy atom. The van der Waals surface area contributed by atoms with Gasteiger partial charge in [-0.05, 0) is 63.0 Å². The molecule has 0 unspecified atom stereocenters. The van der Waals surface area contributed by atoms with E-state index >= 15 is 0 Å². The number of nitrogens with zero attached hydrogens (tertiary/aromatic N) is 3. The highest BCUT2D eigenvalue weighted by Crippen LogP contribution is 2.35. The maximum atomic E-state index is 14.1. The van der Waals surface area contributed by atoms with Gasteiger partial charge in [0.15, 0.2) is 5.13 Å². The predicted molar refractivity (Wildman–Crippen MR) is 136 cm³/mol. The second-order valence-electron chi connectivity index (χ2n) is 7.91. The summed E-state index contributed by atoms with van der Waals surface area (Å²) in [6, 6.07) is 17.6. The van der Waals surface area contributed by atoms with Crippen molar-refractivity contribution in [1.82, 2.24) is 9.88 Å². The Kier molecular flexibility index (Phi) is 7.11. The lowest BCUT2D eigenvalue weighted by Gasteiger charge is -2.24. The number of carbonyl (C=O) groups excluding carboxylic acids is 1. The fourth-order valence-electron chi connectivity index (χ4n) is 3.73. The Bertz CT molecular complexity index is 1270. The van der Waals surface area contributed by atoms with Gasteiger partial charge in [0, 0.05) is 13.1 Å². The molecular formula is C26H29N3O3S. The molecule has 1 amide bonds. The van der Waals surface area contributed by atoms with Gasteiger partial charge < -0.3 is 14.4 Å². The topological polar surface area (TPSA) is 54.9 Å². The molecule has 0 aliphatic carbocycles. The lowest BCUT2D eigenvalue weighted by molar-refractivity contribution is 0.0983. The van der Waals surface area contributed by atoms with Gasteiger partial charge in [-0.3, -0.25) is 9.69 Å². The molecule has 4 rings (SSSR count). The minimum Gasteiger partial charge on any atom is -0.494 e. The standard InChI is InChI=1S/C26H29N3O3S/c1-5-31-19-12-13-21-23(17-19)33-26(27-21)29(16-15-28(3)4)25(30)24-20-10-8-7-9-18(20)11-14-22(24)32-6-2/h7-14,17H,5-6,15-16H2,1-4H3. The largest absolute Gasteiger partial charge is 0.494 e. The van der Waals surface area contributed by atoms with E-state index in [0.29, 0.717) is 42.7 Å². The number of thiazole rings is 1. The number of hydrogen-bond acceptors (Lipinski definition) is 6. The highest BCUT2D eigenvalue weighted by Gasteiger charge is 2.26. The summed E-state index contributed by atoms with van der Waals surface area (Å²) in [7, 11) is 4.00. The molecule has 0 atom stereocenters. The van der Waals surface area contributed by atoms with Crippen LogP contribution in [0.4, 0.5) is 5.13 Å². The van der Waals surface area contributed by atoms with E-state index in [4.69, 9.17) is 14.5 Å². The Morgan fingerprint density at radius 2 is 1.76 bits per heavy atom. The highest BCUT2D eigenvalue weighted by atomic mass is 32.1. The van der Waals surface area contributed by atoms with Gasteiger partial charge in [-0.25, -0.2) is 4.98 Å². The van der Waals surface area contributed by atoms with E-state index in [0.717, 1.165) is 26.7 Å². The Balaban J connectivity index is 1.82. The van der Waals surface area contributed by atoms with E-state index in [9.17, 15) is 4.79 Å². The summed E-state index contributed by atoms with van der Waals surface area (Å²) in [6.45, 7) is 6.20. The van der Waals surface area contributed by atoms with Crippen molar-refractivity contribution < 1.29 is 14.3 Å². The van der Waals surface area contributed by atoms with Crippen LogP contribution in [0.1, 0.15) is 24.2 Å². The van der Waals surface area contributed by atoms with E-state index in [1.54, 1.807) is 4.90 Å². The monoisotopic (exact) mass is 463 g/mol. The van der Waals surface area contributed by atoms with Crippen LogP contribution >= 0.6 is 11.3 Å². The van der Waals surface area contributed by atoms with Gasteiger partial charge in [-0.15, -0.1) is 0 Å². The van der Waals surface area contributed by atoms with Crippen molar-refractivity contribution >= 4 is 43.4 Å². The Labute approximate surface area is 198 Å². The SMILES string of the molecule is CCOc1ccc2nc(N(CCN(C)C)C(=O)c3c(OCC)ccc4ccccc34)sc2c1. The van der Waals surface area contributed by atoms with Crippen molar-refractivity contribution in [3.05, 3.63) is 60.2 Å². The first-order valence-corrected chi connectivity index (χ1v) is 12.0. The molecular weight excluding hydrogens is 434 g/mol. The summed E-state index contributed by atoms with van der Waals surface area (Å²) in [6.07, 6.45) is 0. The number of likely N-dealkylation sites (N-methyl/N-ethyl adjacent to an activating group) is 1. The zero-order valence-electron chi connectivity index (χ0n) is 19.5. The summed E-state index contributed by atoms with van der Waals surface area (Å²) in [4.78, 5) is 22.7. The van der Waals surface area contributed by atoms with Crippen LogP contribution in [-0.4, -0.2) is 56.2 Å². The Hall–Kier alpha value is -3.16. The quantitative estimate of drug-likeness (QED) is 0.330. The van der Waals surface area contributed by atoms with Crippen LogP contribution < -0.4 is 14.4 Å². The van der Waals surface area contributed by atoms with Crippen molar-refractivity contribution in [2.75, 3.05) is 45.3 Å². The molecule has 0 aliphatic heterocycles. The van der Waals surface area contributed by atoms with Gasteiger partial charge in [-0.2, -0.15) is 0 Å². The molecule has 0 fully saturated rings. The number of fused-ring (bicyclic) bond motifs is 2.